The Labute approximate surface area is 337 Å². The average molecular weight is 750 g/mol. The van der Waals surface area contributed by atoms with Crippen LogP contribution < -0.4 is 5.32 Å². The number of hydrogen-bond acceptors (Lipinski definition) is 4. The highest BCUT2D eigenvalue weighted by Gasteiger charge is 2.39. The molecule has 10 rings (SSSR count). The van der Waals surface area contributed by atoms with E-state index in [2.05, 4.69) is 187 Å². The van der Waals surface area contributed by atoms with Crippen molar-refractivity contribution in [3.05, 3.63) is 208 Å². The number of amidine groups is 1. The summed E-state index contributed by atoms with van der Waals surface area (Å²) in [6.45, 7) is 0. The number of fused-ring (bicyclic) bond motifs is 3. The van der Waals surface area contributed by atoms with Gasteiger partial charge in [-0.1, -0.05) is 163 Å². The average Bonchev–Trinajstić information content (AvgIpc) is 3.66. The summed E-state index contributed by atoms with van der Waals surface area (Å²) in [4.78, 5) is 9.43. The van der Waals surface area contributed by atoms with E-state index in [1.54, 1.807) is 5.57 Å². The van der Waals surface area contributed by atoms with E-state index in [1.807, 2.05) is 0 Å². The van der Waals surface area contributed by atoms with Gasteiger partial charge in [0.2, 0.25) is 0 Å². The highest BCUT2D eigenvalue weighted by atomic mass is 32.2. The minimum absolute atomic E-state index is 0.00445. The smallest absolute Gasteiger partial charge is 0.133 e. The Bertz CT molecular complexity index is 2300. The zero-order valence-corrected chi connectivity index (χ0v) is 33.1. The summed E-state index contributed by atoms with van der Waals surface area (Å²) < 4.78 is 0. The lowest BCUT2D eigenvalue weighted by atomic mass is 9.75. The molecule has 7 unspecified atom stereocenters. The molecule has 56 heavy (non-hydrogen) atoms. The van der Waals surface area contributed by atoms with Crippen molar-refractivity contribution < 1.29 is 0 Å². The van der Waals surface area contributed by atoms with Crippen LogP contribution in [0.25, 0.3) is 0 Å². The highest BCUT2D eigenvalue weighted by Crippen LogP contribution is 2.53. The van der Waals surface area contributed by atoms with Crippen LogP contribution in [0.3, 0.4) is 0 Å². The number of allylic oxidation sites excluding steroid dienone is 20. The molecule has 2 heterocycles. The highest BCUT2D eigenvalue weighted by molar-refractivity contribution is 8.00. The Hall–Kier alpha value is -4.90. The molecule has 4 heteroatoms. The van der Waals surface area contributed by atoms with Gasteiger partial charge in [-0.3, -0.25) is 5.32 Å². The fraction of sp³-hybridized carbons (Fsp3) is 0.288. The lowest BCUT2D eigenvalue weighted by Gasteiger charge is -2.42. The number of rotatable bonds is 7. The Balaban J connectivity index is 1.01. The van der Waals surface area contributed by atoms with E-state index in [9.17, 15) is 0 Å². The van der Waals surface area contributed by atoms with Crippen LogP contribution in [-0.2, 0) is 0 Å². The van der Waals surface area contributed by atoms with Crippen LogP contribution in [0.15, 0.2) is 196 Å². The van der Waals surface area contributed by atoms with Crippen molar-refractivity contribution >= 4 is 17.6 Å². The normalized spacial score (nSPS) is 30.2. The van der Waals surface area contributed by atoms with Gasteiger partial charge < -0.3 is 4.90 Å². The molecule has 0 spiro atoms. The van der Waals surface area contributed by atoms with Crippen molar-refractivity contribution in [3.8, 4) is 0 Å². The monoisotopic (exact) mass is 749 g/mol. The molecule has 2 aromatic carbocycles. The third kappa shape index (κ3) is 6.82. The first-order chi connectivity index (χ1) is 27.7. The molecule has 0 amide bonds. The number of nitrogens with one attached hydrogen (secondary N) is 1. The standard InChI is InChI=1S/C52H51N3S/c1-55-51(41-30-26-38(27-31-41)36-16-7-3-8-17-36)53-50(40-28-24-37(25-29-40)35-14-5-2-6-15-35)54-52(55)42-32-33-43(39-18-9-4-10-19-39)47(34-42)46-22-13-21-45-44-20-11-12-23-48(44)56-49(45)46/h2-7,9,11-14,16,18,20-26,28-33,35,38,44,47-48,50,52,54H,8,10,15,17,19,27,34H2,1H3. The van der Waals surface area contributed by atoms with Gasteiger partial charge in [0.05, 0.1) is 0 Å². The van der Waals surface area contributed by atoms with Gasteiger partial charge in [-0.05, 0) is 83.9 Å². The number of aliphatic imine (C=N–C) groups is 1. The van der Waals surface area contributed by atoms with Crippen LogP contribution in [0.5, 0.6) is 0 Å². The first-order valence-electron chi connectivity index (χ1n) is 20.8. The van der Waals surface area contributed by atoms with Gasteiger partial charge in [-0.15, -0.1) is 11.8 Å². The lowest BCUT2D eigenvalue weighted by molar-refractivity contribution is 0.280. The second kappa shape index (κ2) is 15.6. The fourth-order valence-corrected chi connectivity index (χ4v) is 11.4. The van der Waals surface area contributed by atoms with Gasteiger partial charge in [0, 0.05) is 46.4 Å². The number of hydrogen-bond donors (Lipinski definition) is 1. The zero-order valence-electron chi connectivity index (χ0n) is 32.3. The first-order valence-corrected chi connectivity index (χ1v) is 21.7. The van der Waals surface area contributed by atoms with E-state index in [4.69, 9.17) is 4.99 Å². The molecule has 0 fully saturated rings. The van der Waals surface area contributed by atoms with Gasteiger partial charge in [-0.2, -0.15) is 0 Å². The number of benzene rings is 2. The van der Waals surface area contributed by atoms with Gasteiger partial charge in [0.15, 0.2) is 0 Å². The maximum Gasteiger partial charge on any atom is 0.133 e. The Kier molecular flexibility index (Phi) is 9.87. The maximum atomic E-state index is 5.52. The maximum absolute atomic E-state index is 5.52. The quantitative estimate of drug-likeness (QED) is 0.305. The van der Waals surface area contributed by atoms with Crippen molar-refractivity contribution in [3.63, 3.8) is 0 Å². The molecular weight excluding hydrogens is 699 g/mol. The van der Waals surface area contributed by atoms with Crippen LogP contribution in [-0.4, -0.2) is 29.2 Å². The summed E-state index contributed by atoms with van der Waals surface area (Å²) >= 11 is 2.07. The molecule has 0 saturated carbocycles. The van der Waals surface area contributed by atoms with Gasteiger partial charge in [0.1, 0.15) is 18.2 Å². The van der Waals surface area contributed by atoms with Crippen molar-refractivity contribution in [1.29, 1.82) is 0 Å². The van der Waals surface area contributed by atoms with Crippen molar-refractivity contribution in [2.45, 2.75) is 85.2 Å². The molecular formula is C52H51N3S. The van der Waals surface area contributed by atoms with Crippen LogP contribution in [0.1, 0.15) is 91.1 Å². The SMILES string of the molecule is CN1C(C2=CCC(C3=CC=CCC3)C=C2)=NC(c2ccc(C3C=CC=CC3)cc2)NC1C1=CC=C(C2=CC=CCC2)C(c2cccc3c2SC2C=CC=CC32)C1. The summed E-state index contributed by atoms with van der Waals surface area (Å²) in [5.74, 6) is 2.70. The molecule has 3 nitrogen and oxygen atoms in total. The predicted molar refractivity (Wildman–Crippen MR) is 236 cm³/mol. The molecule has 0 bridgehead atoms. The topological polar surface area (TPSA) is 27.6 Å². The number of thioether (sulfide) groups is 1. The number of nitrogens with zero attached hydrogens (tertiary/aromatic N) is 2. The number of likely N-dealkylation sites (N-methyl/N-ethyl adjacent to an activating group) is 1. The zero-order chi connectivity index (χ0) is 37.4. The third-order valence-corrected chi connectivity index (χ3v) is 14.4. The molecule has 280 valence electrons. The molecule has 8 aliphatic rings. The second-order valence-electron chi connectivity index (χ2n) is 16.3. The van der Waals surface area contributed by atoms with Crippen LogP contribution in [0.4, 0.5) is 0 Å². The molecule has 7 atom stereocenters. The van der Waals surface area contributed by atoms with E-state index >= 15 is 0 Å². The van der Waals surface area contributed by atoms with Crippen LogP contribution >= 0.6 is 11.8 Å². The summed E-state index contributed by atoms with van der Waals surface area (Å²) in [5, 5.41) is 4.55. The minimum Gasteiger partial charge on any atom is -0.340 e. The molecule has 1 N–H and O–H groups in total. The molecule has 0 saturated heterocycles. The third-order valence-electron chi connectivity index (χ3n) is 13.0. The molecule has 2 aromatic rings. The Morgan fingerprint density at radius 1 is 0.714 bits per heavy atom. The Morgan fingerprint density at radius 3 is 2.32 bits per heavy atom. The lowest BCUT2D eigenvalue weighted by Crippen LogP contribution is -2.53. The summed E-state index contributed by atoms with van der Waals surface area (Å²) in [7, 11) is 2.25. The summed E-state index contributed by atoms with van der Waals surface area (Å²) in [5.41, 5.74) is 12.7. The van der Waals surface area contributed by atoms with Crippen LogP contribution in [0.2, 0.25) is 0 Å². The summed E-state index contributed by atoms with van der Waals surface area (Å²) in [6, 6.07) is 16.4. The second-order valence-corrected chi connectivity index (χ2v) is 17.5. The van der Waals surface area contributed by atoms with E-state index in [1.165, 1.54) is 49.4 Å². The van der Waals surface area contributed by atoms with Gasteiger partial charge >= 0.3 is 0 Å². The van der Waals surface area contributed by atoms with E-state index in [0.29, 0.717) is 23.0 Å². The van der Waals surface area contributed by atoms with E-state index < -0.39 is 0 Å². The van der Waals surface area contributed by atoms with Gasteiger partial charge in [0.25, 0.3) is 0 Å². The van der Waals surface area contributed by atoms with E-state index in [0.717, 1.165) is 50.8 Å². The van der Waals surface area contributed by atoms with Gasteiger partial charge in [-0.25, -0.2) is 4.99 Å². The minimum atomic E-state index is -0.158. The van der Waals surface area contributed by atoms with Crippen molar-refractivity contribution in [2.75, 3.05) is 7.05 Å². The Morgan fingerprint density at radius 2 is 1.54 bits per heavy atom. The van der Waals surface area contributed by atoms with Crippen molar-refractivity contribution in [1.82, 2.24) is 10.2 Å². The largest absolute Gasteiger partial charge is 0.340 e. The predicted octanol–water partition coefficient (Wildman–Crippen LogP) is 12.3. The van der Waals surface area contributed by atoms with E-state index in [-0.39, 0.29) is 18.2 Å². The van der Waals surface area contributed by atoms with Crippen LogP contribution in [0, 0.1) is 5.92 Å². The molecule has 6 aliphatic carbocycles. The molecule has 0 radical (unpaired) electrons. The molecule has 0 aromatic heterocycles. The first kappa shape index (κ1) is 35.5. The van der Waals surface area contributed by atoms with Crippen molar-refractivity contribution in [2.24, 2.45) is 10.9 Å². The fourth-order valence-electron chi connectivity index (χ4n) is 9.93. The molecule has 2 aliphatic heterocycles. The summed E-state index contributed by atoms with van der Waals surface area (Å²) in [6.07, 6.45) is 51.4.